The molecule has 0 aromatic heterocycles. The molecule has 0 saturated heterocycles. The predicted octanol–water partition coefficient (Wildman–Crippen LogP) is 3.78. The molecule has 26 heavy (non-hydrogen) atoms. The quantitative estimate of drug-likeness (QED) is 0.831. The minimum atomic E-state index is -5.14. The normalized spacial score (nSPS) is 16.1. The Morgan fingerprint density at radius 1 is 1.15 bits per heavy atom. The van der Waals surface area contributed by atoms with E-state index in [9.17, 15) is 27.9 Å². The molecule has 0 radical (unpaired) electrons. The third kappa shape index (κ3) is 3.10. The summed E-state index contributed by atoms with van der Waals surface area (Å²) in [6, 6.07) is 11.5. The molecule has 8 heteroatoms. The topological polar surface area (TPSA) is 66.4 Å². The van der Waals surface area contributed by atoms with Gasteiger partial charge in [0.15, 0.2) is 5.78 Å². The molecule has 2 aromatic rings. The van der Waals surface area contributed by atoms with E-state index in [1.165, 1.54) is 23.9 Å². The monoisotopic (exact) mass is 381 g/mol. The Hall–Kier alpha value is -2.32. The number of carbonyl (C=O) groups is 2. The van der Waals surface area contributed by atoms with Crippen molar-refractivity contribution in [2.45, 2.75) is 29.3 Å². The highest BCUT2D eigenvalue weighted by atomic mass is 32.2. The number of hydrogen-bond acceptors (Lipinski definition) is 4. The minimum Gasteiger partial charge on any atom is -0.373 e. The van der Waals surface area contributed by atoms with E-state index in [0.717, 1.165) is 5.56 Å². The van der Waals surface area contributed by atoms with Crippen molar-refractivity contribution in [1.82, 2.24) is 0 Å². The standard InChI is InChI=1S/C18H14F3NO3S/c1-17(25,18(19,20)21)16(24)22-12-7-4-8-13-14(12)15(23)11-6-3-2-5-10(11)9-26-13/h2-8,25H,9H2,1H3,(H,22,24). The maximum atomic E-state index is 12.9. The third-order valence-electron chi connectivity index (χ3n) is 4.14. The maximum Gasteiger partial charge on any atom is 0.426 e. The van der Waals surface area contributed by atoms with Crippen molar-refractivity contribution in [3.05, 3.63) is 59.2 Å². The summed E-state index contributed by atoms with van der Waals surface area (Å²) in [7, 11) is 0. The van der Waals surface area contributed by atoms with Crippen LogP contribution < -0.4 is 5.32 Å². The van der Waals surface area contributed by atoms with Crippen LogP contribution in [0.3, 0.4) is 0 Å². The summed E-state index contributed by atoms with van der Waals surface area (Å²) in [6.07, 6.45) is -5.14. The number of carbonyl (C=O) groups excluding carboxylic acids is 2. The van der Waals surface area contributed by atoms with Gasteiger partial charge in [-0.1, -0.05) is 30.3 Å². The molecule has 4 nitrogen and oxygen atoms in total. The Morgan fingerprint density at radius 2 is 1.85 bits per heavy atom. The van der Waals surface area contributed by atoms with Crippen LogP contribution in [-0.2, 0) is 10.5 Å². The SMILES string of the molecule is CC(O)(C(=O)Nc1cccc2c1C(=O)c1ccccc1CS2)C(F)(F)F. The average molecular weight is 381 g/mol. The molecule has 1 unspecified atom stereocenters. The first-order valence-electron chi connectivity index (χ1n) is 7.62. The summed E-state index contributed by atoms with van der Waals surface area (Å²) >= 11 is 1.35. The largest absolute Gasteiger partial charge is 0.426 e. The fourth-order valence-corrected chi connectivity index (χ4v) is 3.60. The predicted molar refractivity (Wildman–Crippen MR) is 91.2 cm³/mol. The maximum absolute atomic E-state index is 12.9. The first-order chi connectivity index (χ1) is 12.1. The molecule has 1 aliphatic rings. The molecule has 2 N–H and O–H groups in total. The third-order valence-corrected chi connectivity index (χ3v) is 5.25. The number of thioether (sulfide) groups is 1. The summed E-state index contributed by atoms with van der Waals surface area (Å²) < 4.78 is 38.6. The molecule has 136 valence electrons. The number of aliphatic hydroxyl groups is 1. The van der Waals surface area contributed by atoms with Crippen molar-refractivity contribution in [3.63, 3.8) is 0 Å². The van der Waals surface area contributed by atoms with E-state index in [2.05, 4.69) is 5.32 Å². The lowest BCUT2D eigenvalue weighted by Crippen LogP contribution is -2.52. The Balaban J connectivity index is 2.03. The zero-order chi connectivity index (χ0) is 19.1. The summed E-state index contributed by atoms with van der Waals surface area (Å²) in [5.74, 6) is -1.51. The second kappa shape index (κ2) is 6.44. The van der Waals surface area contributed by atoms with Crippen molar-refractivity contribution >= 4 is 29.1 Å². The van der Waals surface area contributed by atoms with Crippen molar-refractivity contribution in [2.24, 2.45) is 0 Å². The molecule has 1 heterocycles. The van der Waals surface area contributed by atoms with Gasteiger partial charge in [0.2, 0.25) is 5.60 Å². The minimum absolute atomic E-state index is 0.0637. The van der Waals surface area contributed by atoms with Crippen LogP contribution in [0.25, 0.3) is 0 Å². The number of fused-ring (bicyclic) bond motifs is 2. The lowest BCUT2D eigenvalue weighted by Gasteiger charge is -2.25. The Labute approximate surface area is 151 Å². The molecular weight excluding hydrogens is 367 g/mol. The Kier molecular flexibility index (Phi) is 4.58. The van der Waals surface area contributed by atoms with Gasteiger partial charge in [0.05, 0.1) is 11.3 Å². The van der Waals surface area contributed by atoms with Gasteiger partial charge in [-0.05, 0) is 24.6 Å². The lowest BCUT2D eigenvalue weighted by atomic mass is 9.97. The number of anilines is 1. The second-order valence-electron chi connectivity index (χ2n) is 5.98. The Morgan fingerprint density at radius 3 is 2.54 bits per heavy atom. The highest BCUT2D eigenvalue weighted by molar-refractivity contribution is 7.98. The number of hydrogen-bond donors (Lipinski definition) is 2. The van der Waals surface area contributed by atoms with Crippen molar-refractivity contribution in [1.29, 1.82) is 0 Å². The van der Waals surface area contributed by atoms with Gasteiger partial charge in [-0.25, -0.2) is 0 Å². The number of alkyl halides is 3. The van der Waals surface area contributed by atoms with Gasteiger partial charge in [-0.2, -0.15) is 13.2 Å². The summed E-state index contributed by atoms with van der Waals surface area (Å²) in [6.45, 7) is 0.371. The Bertz CT molecular complexity index is 893. The number of nitrogens with one attached hydrogen (secondary N) is 1. The van der Waals surface area contributed by atoms with E-state index < -0.39 is 17.7 Å². The molecule has 0 fully saturated rings. The molecule has 1 amide bonds. The highest BCUT2D eigenvalue weighted by Gasteiger charge is 2.55. The molecule has 1 aliphatic heterocycles. The zero-order valence-electron chi connectivity index (χ0n) is 13.6. The highest BCUT2D eigenvalue weighted by Crippen LogP contribution is 2.38. The zero-order valence-corrected chi connectivity index (χ0v) is 14.4. The van der Waals surface area contributed by atoms with Gasteiger partial charge in [0, 0.05) is 16.2 Å². The molecule has 3 rings (SSSR count). The van der Waals surface area contributed by atoms with Gasteiger partial charge in [0.1, 0.15) is 0 Å². The molecule has 0 saturated carbocycles. The number of ketones is 1. The van der Waals surface area contributed by atoms with Crippen molar-refractivity contribution in [2.75, 3.05) is 5.32 Å². The fraction of sp³-hybridized carbons (Fsp3) is 0.222. The van der Waals surface area contributed by atoms with E-state index in [0.29, 0.717) is 23.1 Å². The van der Waals surface area contributed by atoms with E-state index in [4.69, 9.17) is 0 Å². The van der Waals surface area contributed by atoms with Crippen LogP contribution in [0.5, 0.6) is 0 Å². The molecule has 0 bridgehead atoms. The number of rotatable bonds is 2. The second-order valence-corrected chi connectivity index (χ2v) is 6.99. The smallest absolute Gasteiger partial charge is 0.373 e. The van der Waals surface area contributed by atoms with Crippen LogP contribution in [-0.4, -0.2) is 28.6 Å². The summed E-state index contributed by atoms with van der Waals surface area (Å²) in [5, 5.41) is 11.6. The van der Waals surface area contributed by atoms with E-state index in [1.807, 2.05) is 0 Å². The molecule has 0 aliphatic carbocycles. The average Bonchev–Trinajstić information content (AvgIpc) is 2.72. The van der Waals surface area contributed by atoms with Gasteiger partial charge in [0.25, 0.3) is 5.91 Å². The van der Waals surface area contributed by atoms with Crippen LogP contribution in [0.4, 0.5) is 18.9 Å². The van der Waals surface area contributed by atoms with Gasteiger partial charge in [-0.15, -0.1) is 11.8 Å². The number of halogens is 3. The van der Waals surface area contributed by atoms with Crippen LogP contribution in [0.1, 0.15) is 28.4 Å². The van der Waals surface area contributed by atoms with Gasteiger partial charge >= 0.3 is 6.18 Å². The molecule has 1 atom stereocenters. The first-order valence-corrected chi connectivity index (χ1v) is 8.60. The molecular formula is C18H14F3NO3S. The first kappa shape index (κ1) is 18.5. The van der Waals surface area contributed by atoms with E-state index >= 15 is 0 Å². The van der Waals surface area contributed by atoms with Crippen molar-refractivity contribution < 1.29 is 27.9 Å². The lowest BCUT2D eigenvalue weighted by molar-refractivity contribution is -0.242. The van der Waals surface area contributed by atoms with E-state index in [-0.39, 0.29) is 17.0 Å². The van der Waals surface area contributed by atoms with Crippen LogP contribution in [0.2, 0.25) is 0 Å². The summed E-state index contributed by atoms with van der Waals surface area (Å²) in [4.78, 5) is 25.5. The van der Waals surface area contributed by atoms with Crippen LogP contribution in [0, 0.1) is 0 Å². The van der Waals surface area contributed by atoms with Gasteiger partial charge < -0.3 is 10.4 Å². The number of amides is 1. The molecule has 2 aromatic carbocycles. The van der Waals surface area contributed by atoms with Crippen LogP contribution in [0.15, 0.2) is 47.4 Å². The number of benzene rings is 2. The van der Waals surface area contributed by atoms with Gasteiger partial charge in [-0.3, -0.25) is 9.59 Å². The van der Waals surface area contributed by atoms with Crippen LogP contribution >= 0.6 is 11.8 Å². The van der Waals surface area contributed by atoms with E-state index in [1.54, 1.807) is 30.3 Å². The van der Waals surface area contributed by atoms with Crippen molar-refractivity contribution in [3.8, 4) is 0 Å². The fourth-order valence-electron chi connectivity index (χ4n) is 2.52. The summed E-state index contributed by atoms with van der Waals surface area (Å²) in [5.41, 5.74) is -2.28. The molecule has 0 spiro atoms.